The summed E-state index contributed by atoms with van der Waals surface area (Å²) in [6.45, 7) is 3.28. The second-order valence-electron chi connectivity index (χ2n) is 4.72. The van der Waals surface area contributed by atoms with Gasteiger partial charge in [0.05, 0.1) is 6.54 Å². The van der Waals surface area contributed by atoms with Gasteiger partial charge in [-0.2, -0.15) is 0 Å². The van der Waals surface area contributed by atoms with E-state index in [9.17, 15) is 9.59 Å². The second-order valence-corrected chi connectivity index (χ2v) is 5.66. The van der Waals surface area contributed by atoms with Crippen LogP contribution in [0.15, 0.2) is 5.38 Å². The summed E-state index contributed by atoms with van der Waals surface area (Å²) in [5.74, 6) is -0.404. The highest BCUT2D eigenvalue weighted by atomic mass is 32.1. The molecular weight excluding hydrogens is 278 g/mol. The van der Waals surface area contributed by atoms with Gasteiger partial charge in [0.2, 0.25) is 5.91 Å². The number of nitrogens with two attached hydrogens (primary N) is 2. The molecule has 0 saturated carbocycles. The number of nitrogens with zero attached hydrogens (tertiary/aromatic N) is 3. The fourth-order valence-electron chi connectivity index (χ4n) is 2.22. The smallest absolute Gasteiger partial charge is 0.273 e. The third-order valence-electron chi connectivity index (χ3n) is 3.20. The summed E-state index contributed by atoms with van der Waals surface area (Å²) < 4.78 is 0. The van der Waals surface area contributed by atoms with Gasteiger partial charge >= 0.3 is 0 Å². The summed E-state index contributed by atoms with van der Waals surface area (Å²) in [5, 5.41) is 2.51. The molecule has 1 aromatic heterocycles. The van der Waals surface area contributed by atoms with Gasteiger partial charge in [0, 0.05) is 38.1 Å². The number of carbonyl (C=O) groups is 2. The number of amides is 2. The van der Waals surface area contributed by atoms with Gasteiger partial charge in [0.1, 0.15) is 10.7 Å². The maximum absolute atomic E-state index is 12.3. The minimum Gasteiger partial charge on any atom is -0.369 e. The predicted molar refractivity (Wildman–Crippen MR) is 76.2 cm³/mol. The molecule has 0 unspecified atom stereocenters. The van der Waals surface area contributed by atoms with Crippen molar-refractivity contribution in [3.8, 4) is 0 Å². The minimum atomic E-state index is -0.336. The average Bonchev–Trinajstić information content (AvgIpc) is 2.78. The van der Waals surface area contributed by atoms with E-state index in [1.54, 1.807) is 10.3 Å². The Hall–Kier alpha value is -1.51. The van der Waals surface area contributed by atoms with Crippen molar-refractivity contribution in [2.75, 3.05) is 32.7 Å². The van der Waals surface area contributed by atoms with Crippen LogP contribution in [-0.2, 0) is 11.3 Å². The monoisotopic (exact) mass is 297 g/mol. The van der Waals surface area contributed by atoms with Gasteiger partial charge in [0.25, 0.3) is 5.91 Å². The van der Waals surface area contributed by atoms with E-state index in [1.165, 1.54) is 11.3 Å². The Morgan fingerprint density at radius 1 is 1.30 bits per heavy atom. The van der Waals surface area contributed by atoms with E-state index in [2.05, 4.69) is 4.98 Å². The van der Waals surface area contributed by atoms with Crippen LogP contribution in [0.4, 0.5) is 0 Å². The third-order valence-corrected chi connectivity index (χ3v) is 4.07. The van der Waals surface area contributed by atoms with Crippen molar-refractivity contribution >= 4 is 23.2 Å². The molecule has 0 bridgehead atoms. The highest BCUT2D eigenvalue weighted by Gasteiger charge is 2.22. The van der Waals surface area contributed by atoms with Crippen LogP contribution in [0.3, 0.4) is 0 Å². The van der Waals surface area contributed by atoms with E-state index < -0.39 is 0 Å². The summed E-state index contributed by atoms with van der Waals surface area (Å²) in [6, 6.07) is 0. The van der Waals surface area contributed by atoms with Crippen LogP contribution in [0.2, 0.25) is 0 Å². The lowest BCUT2D eigenvalue weighted by molar-refractivity contribution is -0.119. The summed E-state index contributed by atoms with van der Waals surface area (Å²) in [5.41, 5.74) is 11.2. The molecule has 110 valence electrons. The van der Waals surface area contributed by atoms with E-state index in [1.807, 2.05) is 4.90 Å². The number of hydrogen-bond acceptors (Lipinski definition) is 6. The van der Waals surface area contributed by atoms with Crippen molar-refractivity contribution in [1.29, 1.82) is 0 Å². The zero-order valence-corrected chi connectivity index (χ0v) is 12.1. The molecule has 1 saturated heterocycles. The van der Waals surface area contributed by atoms with Crippen molar-refractivity contribution < 1.29 is 9.59 Å². The Morgan fingerprint density at radius 3 is 2.75 bits per heavy atom. The maximum Gasteiger partial charge on any atom is 0.273 e. The molecule has 0 radical (unpaired) electrons. The predicted octanol–water partition coefficient (Wildman–Crippen LogP) is -0.765. The summed E-state index contributed by atoms with van der Waals surface area (Å²) >= 11 is 1.40. The molecule has 0 spiro atoms. The number of primary amides is 1. The highest BCUT2D eigenvalue weighted by Crippen LogP contribution is 2.13. The zero-order chi connectivity index (χ0) is 14.5. The number of carbonyl (C=O) groups excluding carboxylic acids is 2. The number of rotatable bonds is 4. The molecule has 7 nitrogen and oxygen atoms in total. The molecular formula is C12H19N5O2S. The fraction of sp³-hybridized carbons (Fsp3) is 0.583. The number of aromatic nitrogens is 1. The second kappa shape index (κ2) is 6.78. The molecule has 0 atom stereocenters. The molecule has 0 aromatic carbocycles. The van der Waals surface area contributed by atoms with E-state index in [0.29, 0.717) is 31.9 Å². The topological polar surface area (TPSA) is 106 Å². The van der Waals surface area contributed by atoms with E-state index in [4.69, 9.17) is 11.5 Å². The van der Waals surface area contributed by atoms with Crippen molar-refractivity contribution in [3.05, 3.63) is 16.1 Å². The van der Waals surface area contributed by atoms with Crippen molar-refractivity contribution in [2.24, 2.45) is 11.5 Å². The lowest BCUT2D eigenvalue weighted by atomic mass is 10.3. The molecule has 4 N–H and O–H groups in total. The van der Waals surface area contributed by atoms with Crippen LogP contribution in [0, 0.1) is 0 Å². The van der Waals surface area contributed by atoms with Crippen LogP contribution in [-0.4, -0.2) is 59.3 Å². The van der Waals surface area contributed by atoms with Crippen LogP contribution < -0.4 is 11.5 Å². The quantitative estimate of drug-likeness (QED) is 0.759. The summed E-state index contributed by atoms with van der Waals surface area (Å²) in [4.78, 5) is 31.2. The first-order chi connectivity index (χ1) is 9.60. The van der Waals surface area contributed by atoms with Gasteiger partial charge in [0.15, 0.2) is 0 Å². The Labute approximate surface area is 121 Å². The molecule has 1 fully saturated rings. The molecule has 2 heterocycles. The first-order valence-corrected chi connectivity index (χ1v) is 7.42. The maximum atomic E-state index is 12.3. The van der Waals surface area contributed by atoms with E-state index >= 15 is 0 Å². The lowest BCUT2D eigenvalue weighted by Gasteiger charge is -2.20. The first-order valence-electron chi connectivity index (χ1n) is 6.54. The number of hydrogen-bond donors (Lipinski definition) is 2. The molecule has 1 aromatic rings. The fourth-order valence-corrected chi connectivity index (χ4v) is 2.87. The Balaban J connectivity index is 1.95. The number of thiazole rings is 1. The van der Waals surface area contributed by atoms with Gasteiger partial charge in [-0.1, -0.05) is 0 Å². The Morgan fingerprint density at radius 2 is 2.10 bits per heavy atom. The van der Waals surface area contributed by atoms with Crippen molar-refractivity contribution in [3.63, 3.8) is 0 Å². The molecule has 1 aliphatic heterocycles. The minimum absolute atomic E-state index is 0.0677. The highest BCUT2D eigenvalue weighted by molar-refractivity contribution is 7.09. The average molecular weight is 297 g/mol. The van der Waals surface area contributed by atoms with Gasteiger partial charge in [-0.3, -0.25) is 14.5 Å². The van der Waals surface area contributed by atoms with Gasteiger partial charge < -0.3 is 16.4 Å². The van der Waals surface area contributed by atoms with Gasteiger partial charge in [-0.15, -0.1) is 11.3 Å². The van der Waals surface area contributed by atoms with Crippen LogP contribution >= 0.6 is 11.3 Å². The normalized spacial score (nSPS) is 16.9. The van der Waals surface area contributed by atoms with E-state index in [-0.39, 0.29) is 18.4 Å². The summed E-state index contributed by atoms with van der Waals surface area (Å²) in [7, 11) is 0. The largest absolute Gasteiger partial charge is 0.369 e. The van der Waals surface area contributed by atoms with Crippen LogP contribution in [0.25, 0.3) is 0 Å². The van der Waals surface area contributed by atoms with Crippen molar-refractivity contribution in [1.82, 2.24) is 14.8 Å². The lowest BCUT2D eigenvalue weighted by Crippen LogP contribution is -2.38. The SMILES string of the molecule is NCc1nc(C(=O)N2CCCN(CC(N)=O)CC2)cs1. The van der Waals surface area contributed by atoms with E-state index in [0.717, 1.165) is 18.0 Å². The molecule has 2 rings (SSSR count). The van der Waals surface area contributed by atoms with Gasteiger partial charge in [-0.25, -0.2) is 4.98 Å². The molecule has 1 aliphatic rings. The van der Waals surface area contributed by atoms with Crippen molar-refractivity contribution in [2.45, 2.75) is 13.0 Å². The summed E-state index contributed by atoms with van der Waals surface area (Å²) in [6.07, 6.45) is 0.826. The Bertz CT molecular complexity index is 490. The first kappa shape index (κ1) is 14.9. The van der Waals surface area contributed by atoms with Crippen LogP contribution in [0.1, 0.15) is 21.9 Å². The van der Waals surface area contributed by atoms with Gasteiger partial charge in [-0.05, 0) is 6.42 Å². The standard InChI is InChI=1S/C12H19N5O2S/c13-6-11-15-9(8-20-11)12(19)17-3-1-2-16(4-5-17)7-10(14)18/h8H,1-7,13H2,(H2,14,18). The molecule has 2 amide bonds. The molecule has 8 heteroatoms. The van der Waals surface area contributed by atoms with Crippen LogP contribution in [0.5, 0.6) is 0 Å². The zero-order valence-electron chi connectivity index (χ0n) is 11.2. The third kappa shape index (κ3) is 3.75. The Kier molecular flexibility index (Phi) is 5.05. The molecule has 20 heavy (non-hydrogen) atoms. The molecule has 0 aliphatic carbocycles.